The third-order valence-corrected chi connectivity index (χ3v) is 3.72. The minimum atomic E-state index is 0.699. The predicted molar refractivity (Wildman–Crippen MR) is 70.2 cm³/mol. The number of likely N-dealkylation sites (N-methyl/N-ethyl adjacent to an activating group) is 1. The highest BCUT2D eigenvalue weighted by Crippen LogP contribution is 2.34. The lowest BCUT2D eigenvalue weighted by molar-refractivity contribution is 0.564. The molecule has 0 saturated carbocycles. The van der Waals surface area contributed by atoms with E-state index in [1.54, 1.807) is 5.56 Å². The second-order valence-electron chi connectivity index (χ2n) is 4.79. The molecular weight excluding hydrogens is 196 g/mol. The number of hydrogen-bond acceptors (Lipinski definition) is 2. The predicted octanol–water partition coefficient (Wildman–Crippen LogP) is 2.36. The summed E-state index contributed by atoms with van der Waals surface area (Å²) in [4.78, 5) is 2.46. The van der Waals surface area contributed by atoms with Gasteiger partial charge in [-0.15, -0.1) is 0 Å². The van der Waals surface area contributed by atoms with E-state index in [4.69, 9.17) is 0 Å². The lowest BCUT2D eigenvalue weighted by Crippen LogP contribution is -2.28. The van der Waals surface area contributed by atoms with E-state index in [2.05, 4.69) is 42.4 Å². The zero-order chi connectivity index (χ0) is 11.5. The Kier molecular flexibility index (Phi) is 3.49. The van der Waals surface area contributed by atoms with Gasteiger partial charge < -0.3 is 10.2 Å². The van der Waals surface area contributed by atoms with E-state index < -0.39 is 0 Å². The van der Waals surface area contributed by atoms with Gasteiger partial charge in [-0.1, -0.05) is 12.1 Å². The lowest BCUT2D eigenvalue weighted by Gasteiger charge is -2.22. The summed E-state index contributed by atoms with van der Waals surface area (Å²) in [6, 6.07) is 7.34. The number of anilines is 1. The van der Waals surface area contributed by atoms with Crippen molar-refractivity contribution in [1.82, 2.24) is 5.32 Å². The first-order valence-electron chi connectivity index (χ1n) is 6.20. The van der Waals surface area contributed by atoms with E-state index >= 15 is 0 Å². The maximum Gasteiger partial charge on any atom is 0.0402 e. The largest absolute Gasteiger partial charge is 0.371 e. The molecule has 0 amide bonds. The Bertz CT molecular complexity index is 360. The Morgan fingerprint density at radius 3 is 2.94 bits per heavy atom. The highest BCUT2D eigenvalue weighted by atomic mass is 15.2. The van der Waals surface area contributed by atoms with E-state index in [1.165, 1.54) is 30.5 Å². The van der Waals surface area contributed by atoms with E-state index in [0.29, 0.717) is 6.04 Å². The van der Waals surface area contributed by atoms with Crippen LogP contribution in [0.3, 0.4) is 0 Å². The molecule has 2 heteroatoms. The van der Waals surface area contributed by atoms with Gasteiger partial charge in [0.15, 0.2) is 0 Å². The molecule has 1 unspecified atom stereocenters. The van der Waals surface area contributed by atoms with Crippen molar-refractivity contribution >= 4 is 5.69 Å². The van der Waals surface area contributed by atoms with Gasteiger partial charge in [0, 0.05) is 18.8 Å². The average molecular weight is 218 g/mol. The van der Waals surface area contributed by atoms with Gasteiger partial charge in [0.1, 0.15) is 0 Å². The number of nitrogens with one attached hydrogen (secondary N) is 1. The van der Waals surface area contributed by atoms with Gasteiger partial charge in [0.05, 0.1) is 0 Å². The summed E-state index contributed by atoms with van der Waals surface area (Å²) in [6.45, 7) is 3.35. The van der Waals surface area contributed by atoms with E-state index in [-0.39, 0.29) is 0 Å². The second kappa shape index (κ2) is 4.88. The summed E-state index contributed by atoms with van der Waals surface area (Å²) < 4.78 is 0. The van der Waals surface area contributed by atoms with E-state index in [1.807, 2.05) is 7.05 Å². The lowest BCUT2D eigenvalue weighted by atomic mass is 10.0. The molecule has 1 aromatic carbocycles. The zero-order valence-electron chi connectivity index (χ0n) is 10.6. The minimum Gasteiger partial charge on any atom is -0.371 e. The van der Waals surface area contributed by atoms with Crippen molar-refractivity contribution in [3.63, 3.8) is 0 Å². The molecule has 0 aromatic heterocycles. The highest BCUT2D eigenvalue weighted by Gasteiger charge is 2.26. The van der Waals surface area contributed by atoms with Crippen molar-refractivity contribution < 1.29 is 0 Å². The fourth-order valence-corrected chi connectivity index (χ4v) is 2.66. The van der Waals surface area contributed by atoms with Crippen LogP contribution in [0.4, 0.5) is 5.69 Å². The van der Waals surface area contributed by atoms with Crippen molar-refractivity contribution in [1.29, 1.82) is 0 Å². The van der Waals surface area contributed by atoms with Crippen molar-refractivity contribution in [3.8, 4) is 0 Å². The third-order valence-electron chi connectivity index (χ3n) is 3.72. The molecular formula is C14H22N2. The zero-order valence-corrected chi connectivity index (χ0v) is 10.6. The molecule has 16 heavy (non-hydrogen) atoms. The Hall–Kier alpha value is -1.02. The van der Waals surface area contributed by atoms with Crippen molar-refractivity contribution in [2.45, 2.75) is 32.2 Å². The molecule has 1 atom stereocenters. The molecule has 0 fully saturated rings. The first-order valence-corrected chi connectivity index (χ1v) is 6.20. The normalized spacial score (nSPS) is 18.9. The van der Waals surface area contributed by atoms with Crippen molar-refractivity contribution in [2.24, 2.45) is 0 Å². The molecule has 1 aromatic rings. The van der Waals surface area contributed by atoms with Crippen molar-refractivity contribution in [3.05, 3.63) is 29.3 Å². The quantitative estimate of drug-likeness (QED) is 0.780. The molecule has 1 heterocycles. The van der Waals surface area contributed by atoms with Crippen LogP contribution in [-0.2, 0) is 6.42 Å². The molecule has 2 rings (SSSR count). The highest BCUT2D eigenvalue weighted by molar-refractivity contribution is 5.61. The number of rotatable bonds is 4. The fourth-order valence-electron chi connectivity index (χ4n) is 2.66. The minimum absolute atomic E-state index is 0.699. The first-order chi connectivity index (χ1) is 7.74. The standard InChI is InChI=1S/C14H22N2/c1-11-6-4-8-14-13(11)10-12(16(14)3)7-5-9-15-2/h4,6,8,12,15H,5,7,9-10H2,1-3H3. The molecule has 0 aliphatic carbocycles. The Labute approximate surface area is 98.7 Å². The molecule has 0 spiro atoms. The summed E-state index contributed by atoms with van der Waals surface area (Å²) in [5.74, 6) is 0. The van der Waals surface area contributed by atoms with Gasteiger partial charge in [0.25, 0.3) is 0 Å². The van der Waals surface area contributed by atoms with Crippen molar-refractivity contribution in [2.75, 3.05) is 25.5 Å². The van der Waals surface area contributed by atoms with Crippen LogP contribution < -0.4 is 10.2 Å². The first kappa shape index (κ1) is 11.5. The number of fused-ring (bicyclic) bond motifs is 1. The SMILES string of the molecule is CNCCCC1Cc2c(C)cccc2N1C. The summed E-state index contributed by atoms with van der Waals surface area (Å²) in [6.07, 6.45) is 3.77. The summed E-state index contributed by atoms with van der Waals surface area (Å²) in [7, 11) is 4.26. The number of nitrogens with zero attached hydrogens (tertiary/aromatic N) is 1. The summed E-state index contributed by atoms with van der Waals surface area (Å²) in [5.41, 5.74) is 4.44. The maximum atomic E-state index is 3.22. The van der Waals surface area contributed by atoms with Gasteiger partial charge in [-0.05, 0) is 57.0 Å². The number of benzene rings is 1. The smallest absolute Gasteiger partial charge is 0.0402 e. The van der Waals surface area contributed by atoms with Gasteiger partial charge in [0.2, 0.25) is 0 Å². The van der Waals surface area contributed by atoms with E-state index in [0.717, 1.165) is 6.54 Å². The van der Waals surface area contributed by atoms with Gasteiger partial charge in [-0.25, -0.2) is 0 Å². The Balaban J connectivity index is 2.06. The molecule has 0 saturated heterocycles. The molecule has 88 valence electrons. The van der Waals surface area contributed by atoms with Crippen LogP contribution in [0.1, 0.15) is 24.0 Å². The summed E-state index contributed by atoms with van der Waals surface area (Å²) >= 11 is 0. The Morgan fingerprint density at radius 1 is 1.44 bits per heavy atom. The third kappa shape index (κ3) is 2.07. The Morgan fingerprint density at radius 2 is 2.25 bits per heavy atom. The number of aryl methyl sites for hydroxylation is 1. The van der Waals surface area contributed by atoms with Crippen LogP contribution in [0.2, 0.25) is 0 Å². The van der Waals surface area contributed by atoms with Gasteiger partial charge >= 0.3 is 0 Å². The molecule has 0 radical (unpaired) electrons. The molecule has 1 aliphatic rings. The molecule has 1 N–H and O–H groups in total. The maximum absolute atomic E-state index is 3.22. The second-order valence-corrected chi connectivity index (χ2v) is 4.79. The van der Waals surface area contributed by atoms with E-state index in [9.17, 15) is 0 Å². The van der Waals surface area contributed by atoms with Crippen LogP contribution in [0.15, 0.2) is 18.2 Å². The van der Waals surface area contributed by atoms with Crippen LogP contribution in [0, 0.1) is 6.92 Å². The molecule has 0 bridgehead atoms. The monoisotopic (exact) mass is 218 g/mol. The van der Waals surface area contributed by atoms with Gasteiger partial charge in [-0.3, -0.25) is 0 Å². The topological polar surface area (TPSA) is 15.3 Å². The van der Waals surface area contributed by atoms with Crippen LogP contribution in [-0.4, -0.2) is 26.7 Å². The van der Waals surface area contributed by atoms with Crippen LogP contribution >= 0.6 is 0 Å². The van der Waals surface area contributed by atoms with Crippen LogP contribution in [0.5, 0.6) is 0 Å². The number of hydrogen-bond donors (Lipinski definition) is 1. The molecule has 1 aliphatic heterocycles. The average Bonchev–Trinajstić information content (AvgIpc) is 2.59. The fraction of sp³-hybridized carbons (Fsp3) is 0.571. The van der Waals surface area contributed by atoms with Crippen LogP contribution in [0.25, 0.3) is 0 Å². The van der Waals surface area contributed by atoms with Gasteiger partial charge in [-0.2, -0.15) is 0 Å². The molecule has 2 nitrogen and oxygen atoms in total. The summed E-state index contributed by atoms with van der Waals surface area (Å²) in [5, 5.41) is 3.22.